The lowest BCUT2D eigenvalue weighted by Crippen LogP contribution is -2.41. The fourth-order valence-electron chi connectivity index (χ4n) is 1.78. The molecule has 0 radical (unpaired) electrons. The molecule has 1 aliphatic carbocycles. The maximum Gasteiger partial charge on any atom is 0.0235 e. The van der Waals surface area contributed by atoms with E-state index in [0.29, 0.717) is 0 Å². The summed E-state index contributed by atoms with van der Waals surface area (Å²) < 4.78 is 0. The zero-order valence-corrected chi connectivity index (χ0v) is 8.82. The molecule has 0 N–H and O–H groups in total. The number of alkyl halides is 1. The van der Waals surface area contributed by atoms with E-state index in [0.717, 1.165) is 18.3 Å². The fourth-order valence-corrected chi connectivity index (χ4v) is 1.90. The molecule has 0 spiro atoms. The lowest BCUT2D eigenvalue weighted by atomic mass is 9.91. The number of rotatable bonds is 6. The van der Waals surface area contributed by atoms with Gasteiger partial charge in [0.1, 0.15) is 0 Å². The van der Waals surface area contributed by atoms with Crippen LogP contribution in [-0.2, 0) is 0 Å². The van der Waals surface area contributed by atoms with Crippen LogP contribution < -0.4 is 0 Å². The Morgan fingerprint density at radius 1 is 1.33 bits per heavy atom. The van der Waals surface area contributed by atoms with Gasteiger partial charge in [-0.3, -0.25) is 0 Å². The molecule has 0 unspecified atom stereocenters. The number of halogens is 1. The van der Waals surface area contributed by atoms with Crippen molar-refractivity contribution in [2.24, 2.45) is 0 Å². The van der Waals surface area contributed by atoms with Gasteiger partial charge >= 0.3 is 0 Å². The molecule has 0 heterocycles. The third-order valence-electron chi connectivity index (χ3n) is 2.68. The lowest BCUT2D eigenvalue weighted by molar-refractivity contribution is 0.128. The summed E-state index contributed by atoms with van der Waals surface area (Å²) in [5.74, 6) is 0.812. The van der Waals surface area contributed by atoms with Crippen LogP contribution in [0.1, 0.15) is 39.0 Å². The van der Waals surface area contributed by atoms with Crippen molar-refractivity contribution in [1.82, 2.24) is 4.90 Å². The quantitative estimate of drug-likeness (QED) is 0.581. The first kappa shape index (κ1) is 10.3. The molecule has 1 rings (SSSR count). The molecule has 72 valence electrons. The van der Waals surface area contributed by atoms with E-state index < -0.39 is 0 Å². The van der Waals surface area contributed by atoms with Crippen molar-refractivity contribution < 1.29 is 0 Å². The number of hydrogen-bond acceptors (Lipinski definition) is 1. The predicted molar refractivity (Wildman–Crippen MR) is 54.8 cm³/mol. The highest BCUT2D eigenvalue weighted by atomic mass is 35.5. The van der Waals surface area contributed by atoms with Crippen molar-refractivity contribution in [3.8, 4) is 0 Å². The molecule has 0 aromatic rings. The molecule has 1 nitrogen and oxygen atoms in total. The lowest BCUT2D eigenvalue weighted by Gasteiger charge is -2.37. The van der Waals surface area contributed by atoms with Crippen LogP contribution in [0.5, 0.6) is 0 Å². The summed E-state index contributed by atoms with van der Waals surface area (Å²) in [6.45, 7) is 4.73. The van der Waals surface area contributed by atoms with Crippen LogP contribution in [0.3, 0.4) is 0 Å². The Hall–Kier alpha value is 0.250. The molecular weight excluding hydrogens is 170 g/mol. The first-order chi connectivity index (χ1) is 5.88. The summed E-state index contributed by atoms with van der Waals surface area (Å²) in [5, 5.41) is 0. The minimum absolute atomic E-state index is 0.812. The van der Waals surface area contributed by atoms with E-state index in [-0.39, 0.29) is 0 Å². The molecule has 1 aliphatic rings. The second kappa shape index (κ2) is 5.82. The molecular formula is C10H20ClN. The van der Waals surface area contributed by atoms with Crippen LogP contribution in [0.15, 0.2) is 0 Å². The highest BCUT2D eigenvalue weighted by Gasteiger charge is 2.23. The van der Waals surface area contributed by atoms with Crippen LogP contribution >= 0.6 is 11.6 Å². The topological polar surface area (TPSA) is 3.24 Å². The van der Waals surface area contributed by atoms with Crippen molar-refractivity contribution in [1.29, 1.82) is 0 Å². The molecule has 0 saturated heterocycles. The van der Waals surface area contributed by atoms with E-state index >= 15 is 0 Å². The highest BCUT2D eigenvalue weighted by molar-refractivity contribution is 6.17. The molecule has 0 bridgehead atoms. The van der Waals surface area contributed by atoms with Gasteiger partial charge in [0.15, 0.2) is 0 Å². The van der Waals surface area contributed by atoms with Gasteiger partial charge in [0.05, 0.1) is 0 Å². The molecule has 0 aromatic carbocycles. The maximum absolute atomic E-state index is 5.68. The van der Waals surface area contributed by atoms with E-state index in [2.05, 4.69) is 11.8 Å². The Bertz CT molecular complexity index is 112. The zero-order valence-electron chi connectivity index (χ0n) is 8.06. The van der Waals surface area contributed by atoms with Crippen LogP contribution in [-0.4, -0.2) is 29.9 Å². The van der Waals surface area contributed by atoms with Gasteiger partial charge in [0.25, 0.3) is 0 Å². The maximum atomic E-state index is 5.68. The Labute approximate surface area is 81.1 Å². The molecule has 0 aromatic heterocycles. The number of nitrogens with zero attached hydrogens (tertiary/aromatic N) is 1. The van der Waals surface area contributed by atoms with Gasteiger partial charge in [-0.05, 0) is 38.8 Å². The molecule has 0 aliphatic heterocycles. The van der Waals surface area contributed by atoms with Crippen molar-refractivity contribution >= 4 is 11.6 Å². The standard InChI is InChI=1S/C10H20ClN/c1-2-8-12(9-4-7-11)10-5-3-6-10/h10H,2-9H2,1H3. The van der Waals surface area contributed by atoms with Gasteiger partial charge in [-0.2, -0.15) is 0 Å². The fraction of sp³-hybridized carbons (Fsp3) is 1.00. The second-order valence-corrected chi connectivity index (χ2v) is 4.04. The second-order valence-electron chi connectivity index (χ2n) is 3.66. The summed E-state index contributed by atoms with van der Waals surface area (Å²) in [5.41, 5.74) is 0. The largest absolute Gasteiger partial charge is 0.300 e. The molecule has 1 fully saturated rings. The van der Waals surface area contributed by atoms with Crippen molar-refractivity contribution in [2.75, 3.05) is 19.0 Å². The smallest absolute Gasteiger partial charge is 0.0235 e. The summed E-state index contributed by atoms with van der Waals surface area (Å²) in [4.78, 5) is 2.62. The highest BCUT2D eigenvalue weighted by Crippen LogP contribution is 2.24. The van der Waals surface area contributed by atoms with Crippen LogP contribution in [0.25, 0.3) is 0 Å². The normalized spacial score (nSPS) is 18.2. The van der Waals surface area contributed by atoms with Crippen molar-refractivity contribution in [2.45, 2.75) is 45.1 Å². The van der Waals surface area contributed by atoms with Crippen LogP contribution in [0.4, 0.5) is 0 Å². The summed E-state index contributed by atoms with van der Waals surface area (Å²) in [7, 11) is 0. The molecule has 0 amide bonds. The Balaban J connectivity index is 2.17. The van der Waals surface area contributed by atoms with Crippen LogP contribution in [0.2, 0.25) is 0 Å². The van der Waals surface area contributed by atoms with E-state index in [1.807, 2.05) is 0 Å². The zero-order chi connectivity index (χ0) is 8.81. The average Bonchev–Trinajstić information content (AvgIpc) is 1.97. The number of hydrogen-bond donors (Lipinski definition) is 0. The van der Waals surface area contributed by atoms with E-state index in [1.165, 1.54) is 38.8 Å². The molecule has 1 saturated carbocycles. The first-order valence-corrected chi connectivity index (χ1v) is 5.72. The summed E-state index contributed by atoms with van der Waals surface area (Å²) in [6, 6.07) is 0.896. The van der Waals surface area contributed by atoms with Gasteiger partial charge < -0.3 is 4.90 Å². The molecule has 2 heteroatoms. The molecule has 0 atom stereocenters. The van der Waals surface area contributed by atoms with Gasteiger partial charge in [0, 0.05) is 11.9 Å². The summed E-state index contributed by atoms with van der Waals surface area (Å²) in [6.07, 6.45) is 6.70. The Morgan fingerprint density at radius 3 is 2.50 bits per heavy atom. The van der Waals surface area contributed by atoms with Crippen molar-refractivity contribution in [3.05, 3.63) is 0 Å². The van der Waals surface area contributed by atoms with E-state index in [1.54, 1.807) is 0 Å². The predicted octanol–water partition coefficient (Wildman–Crippen LogP) is 2.88. The van der Waals surface area contributed by atoms with Gasteiger partial charge in [-0.15, -0.1) is 11.6 Å². The van der Waals surface area contributed by atoms with E-state index in [4.69, 9.17) is 11.6 Å². The average molecular weight is 190 g/mol. The Morgan fingerprint density at radius 2 is 2.08 bits per heavy atom. The molecule has 12 heavy (non-hydrogen) atoms. The van der Waals surface area contributed by atoms with Gasteiger partial charge in [-0.25, -0.2) is 0 Å². The minimum atomic E-state index is 0.812. The minimum Gasteiger partial charge on any atom is -0.300 e. The Kier molecular flexibility index (Phi) is 5.01. The monoisotopic (exact) mass is 189 g/mol. The summed E-state index contributed by atoms with van der Waals surface area (Å²) >= 11 is 5.68. The third kappa shape index (κ3) is 2.95. The third-order valence-corrected chi connectivity index (χ3v) is 2.95. The van der Waals surface area contributed by atoms with Gasteiger partial charge in [0.2, 0.25) is 0 Å². The van der Waals surface area contributed by atoms with Gasteiger partial charge in [-0.1, -0.05) is 13.3 Å². The first-order valence-electron chi connectivity index (χ1n) is 5.18. The van der Waals surface area contributed by atoms with Crippen LogP contribution in [0, 0.1) is 0 Å². The SMILES string of the molecule is CCCN(CCCCl)C1CCC1. The van der Waals surface area contributed by atoms with Crippen molar-refractivity contribution in [3.63, 3.8) is 0 Å². The van der Waals surface area contributed by atoms with E-state index in [9.17, 15) is 0 Å².